The van der Waals surface area contributed by atoms with E-state index < -0.39 is 0 Å². The second-order valence-corrected chi connectivity index (χ2v) is 4.13. The Balaban J connectivity index is 2.50. The maximum absolute atomic E-state index is 5.81. The Morgan fingerprint density at radius 2 is 1.79 bits per heavy atom. The normalized spacial score (nSPS) is 10.1. The number of nitrogens with zero attached hydrogens (tertiary/aromatic N) is 1. The molecule has 0 saturated carbocycles. The van der Waals surface area contributed by atoms with E-state index in [2.05, 4.69) is 20.9 Å². The number of aromatic nitrogens is 1. The Morgan fingerprint density at radius 3 is 2.43 bits per heavy atom. The average Bonchev–Trinajstić information content (AvgIpc) is 2.20. The molecule has 2 aromatic rings. The van der Waals surface area contributed by atoms with E-state index in [9.17, 15) is 0 Å². The van der Waals surface area contributed by atoms with Crippen molar-refractivity contribution in [3.63, 3.8) is 0 Å². The number of hydrogen-bond donors (Lipinski definition) is 0. The fourth-order valence-corrected chi connectivity index (χ4v) is 1.82. The van der Waals surface area contributed by atoms with Crippen LogP contribution >= 0.6 is 27.5 Å². The van der Waals surface area contributed by atoms with Crippen molar-refractivity contribution in [1.82, 2.24) is 4.98 Å². The van der Waals surface area contributed by atoms with Gasteiger partial charge in [0.15, 0.2) is 0 Å². The first-order valence-corrected chi connectivity index (χ1v) is 5.31. The molecule has 0 aliphatic carbocycles. The highest BCUT2D eigenvalue weighted by Crippen LogP contribution is 2.26. The third-order valence-electron chi connectivity index (χ3n) is 1.88. The van der Waals surface area contributed by atoms with Crippen LogP contribution in [0.4, 0.5) is 0 Å². The standard InChI is InChI=1S/C11H7BrClN/c12-10-2-1-7-14-11(10)8-3-5-9(13)6-4-8/h1-7H. The number of rotatable bonds is 1. The molecular weight excluding hydrogens is 261 g/mol. The molecule has 1 nitrogen and oxygen atoms in total. The quantitative estimate of drug-likeness (QED) is 0.756. The second-order valence-electron chi connectivity index (χ2n) is 2.84. The van der Waals surface area contributed by atoms with Gasteiger partial charge in [-0.3, -0.25) is 4.98 Å². The van der Waals surface area contributed by atoms with Gasteiger partial charge in [0, 0.05) is 21.3 Å². The summed E-state index contributed by atoms with van der Waals surface area (Å²) < 4.78 is 0.988. The van der Waals surface area contributed by atoms with Gasteiger partial charge in [0.1, 0.15) is 0 Å². The third kappa shape index (κ3) is 1.97. The van der Waals surface area contributed by atoms with Crippen molar-refractivity contribution in [2.24, 2.45) is 0 Å². The first-order chi connectivity index (χ1) is 6.77. The molecule has 3 heteroatoms. The summed E-state index contributed by atoms with van der Waals surface area (Å²) in [6, 6.07) is 11.5. The number of benzene rings is 1. The van der Waals surface area contributed by atoms with E-state index in [1.54, 1.807) is 6.20 Å². The highest BCUT2D eigenvalue weighted by Gasteiger charge is 2.02. The van der Waals surface area contributed by atoms with Crippen LogP contribution in [0.1, 0.15) is 0 Å². The first kappa shape index (κ1) is 9.69. The lowest BCUT2D eigenvalue weighted by Crippen LogP contribution is -1.83. The molecule has 0 aliphatic rings. The summed E-state index contributed by atoms with van der Waals surface area (Å²) in [5.74, 6) is 0. The van der Waals surface area contributed by atoms with E-state index in [0.29, 0.717) is 0 Å². The Labute approximate surface area is 95.9 Å². The minimum absolute atomic E-state index is 0.737. The maximum atomic E-state index is 5.81. The fraction of sp³-hybridized carbons (Fsp3) is 0. The molecular formula is C11H7BrClN. The molecule has 0 unspecified atom stereocenters. The van der Waals surface area contributed by atoms with Gasteiger partial charge in [-0.2, -0.15) is 0 Å². The van der Waals surface area contributed by atoms with Crippen LogP contribution < -0.4 is 0 Å². The van der Waals surface area contributed by atoms with Gasteiger partial charge in [-0.15, -0.1) is 0 Å². The van der Waals surface area contributed by atoms with Crippen LogP contribution in [0.3, 0.4) is 0 Å². The lowest BCUT2D eigenvalue weighted by atomic mass is 10.1. The molecule has 1 aromatic carbocycles. The monoisotopic (exact) mass is 267 g/mol. The van der Waals surface area contributed by atoms with Crippen LogP contribution in [0.2, 0.25) is 5.02 Å². The molecule has 1 heterocycles. The zero-order chi connectivity index (χ0) is 9.97. The zero-order valence-corrected chi connectivity index (χ0v) is 9.59. The molecule has 2 rings (SSSR count). The molecule has 0 bridgehead atoms. The fourth-order valence-electron chi connectivity index (χ4n) is 1.21. The van der Waals surface area contributed by atoms with Crippen molar-refractivity contribution in [1.29, 1.82) is 0 Å². The summed E-state index contributed by atoms with van der Waals surface area (Å²) in [7, 11) is 0. The van der Waals surface area contributed by atoms with Gasteiger partial charge in [0.2, 0.25) is 0 Å². The topological polar surface area (TPSA) is 12.9 Å². The summed E-state index contributed by atoms with van der Waals surface area (Å²) in [4.78, 5) is 4.29. The average molecular weight is 269 g/mol. The van der Waals surface area contributed by atoms with Crippen molar-refractivity contribution in [2.75, 3.05) is 0 Å². The Morgan fingerprint density at radius 1 is 1.07 bits per heavy atom. The summed E-state index contributed by atoms with van der Waals surface area (Å²) in [6.07, 6.45) is 1.77. The Kier molecular flexibility index (Phi) is 2.85. The molecule has 0 spiro atoms. The zero-order valence-electron chi connectivity index (χ0n) is 7.24. The third-order valence-corrected chi connectivity index (χ3v) is 2.77. The van der Waals surface area contributed by atoms with Crippen LogP contribution in [0.15, 0.2) is 47.1 Å². The molecule has 0 fully saturated rings. The minimum Gasteiger partial charge on any atom is -0.255 e. The predicted octanol–water partition coefficient (Wildman–Crippen LogP) is 4.16. The second kappa shape index (κ2) is 4.11. The van der Waals surface area contributed by atoms with Crippen LogP contribution in [0.25, 0.3) is 11.3 Å². The van der Waals surface area contributed by atoms with Gasteiger partial charge in [-0.05, 0) is 40.2 Å². The van der Waals surface area contributed by atoms with Gasteiger partial charge in [0.25, 0.3) is 0 Å². The van der Waals surface area contributed by atoms with E-state index in [1.807, 2.05) is 36.4 Å². The van der Waals surface area contributed by atoms with Crippen LogP contribution in [-0.2, 0) is 0 Å². The van der Waals surface area contributed by atoms with E-state index in [4.69, 9.17) is 11.6 Å². The number of hydrogen-bond acceptors (Lipinski definition) is 1. The first-order valence-electron chi connectivity index (χ1n) is 4.14. The highest BCUT2D eigenvalue weighted by atomic mass is 79.9. The molecule has 0 aliphatic heterocycles. The van der Waals surface area contributed by atoms with Gasteiger partial charge in [0.05, 0.1) is 5.69 Å². The molecule has 0 radical (unpaired) electrons. The van der Waals surface area contributed by atoms with Gasteiger partial charge in [-0.1, -0.05) is 23.7 Å². The Bertz CT molecular complexity index is 439. The molecule has 0 atom stereocenters. The summed E-state index contributed by atoms with van der Waals surface area (Å²) in [5.41, 5.74) is 1.99. The Hall–Kier alpha value is -0.860. The predicted molar refractivity (Wildman–Crippen MR) is 62.4 cm³/mol. The summed E-state index contributed by atoms with van der Waals surface area (Å²) in [5, 5.41) is 0.737. The molecule has 14 heavy (non-hydrogen) atoms. The molecule has 0 N–H and O–H groups in total. The van der Waals surface area contributed by atoms with E-state index in [0.717, 1.165) is 20.8 Å². The van der Waals surface area contributed by atoms with E-state index in [1.165, 1.54) is 0 Å². The minimum atomic E-state index is 0.737. The smallest absolute Gasteiger partial charge is 0.0843 e. The SMILES string of the molecule is Clc1ccc(-c2ncccc2Br)cc1. The van der Waals surface area contributed by atoms with E-state index in [-0.39, 0.29) is 0 Å². The summed E-state index contributed by atoms with van der Waals surface area (Å²) in [6.45, 7) is 0. The lowest BCUT2D eigenvalue weighted by Gasteiger charge is -2.02. The number of pyridine rings is 1. The van der Waals surface area contributed by atoms with Crippen molar-refractivity contribution in [3.05, 3.63) is 52.1 Å². The molecule has 70 valence electrons. The maximum Gasteiger partial charge on any atom is 0.0843 e. The largest absolute Gasteiger partial charge is 0.255 e. The van der Waals surface area contributed by atoms with Crippen molar-refractivity contribution in [3.8, 4) is 11.3 Å². The van der Waals surface area contributed by atoms with Crippen LogP contribution in [0, 0.1) is 0 Å². The van der Waals surface area contributed by atoms with Crippen molar-refractivity contribution < 1.29 is 0 Å². The van der Waals surface area contributed by atoms with Gasteiger partial charge in [-0.25, -0.2) is 0 Å². The van der Waals surface area contributed by atoms with Crippen LogP contribution in [-0.4, -0.2) is 4.98 Å². The van der Waals surface area contributed by atoms with Crippen molar-refractivity contribution >= 4 is 27.5 Å². The molecule has 0 amide bonds. The van der Waals surface area contributed by atoms with Crippen LogP contribution in [0.5, 0.6) is 0 Å². The van der Waals surface area contributed by atoms with Crippen molar-refractivity contribution in [2.45, 2.75) is 0 Å². The number of halogens is 2. The molecule has 1 aromatic heterocycles. The highest BCUT2D eigenvalue weighted by molar-refractivity contribution is 9.10. The molecule has 0 saturated heterocycles. The lowest BCUT2D eigenvalue weighted by molar-refractivity contribution is 1.31. The van der Waals surface area contributed by atoms with E-state index >= 15 is 0 Å². The van der Waals surface area contributed by atoms with Gasteiger partial charge < -0.3 is 0 Å². The summed E-state index contributed by atoms with van der Waals surface area (Å²) >= 11 is 9.26. The van der Waals surface area contributed by atoms with Gasteiger partial charge >= 0.3 is 0 Å².